The average Bonchev–Trinajstić information content (AvgIpc) is 2.78. The molecule has 1 saturated heterocycles. The maximum Gasteiger partial charge on any atom is 0.197 e. The third-order valence-corrected chi connectivity index (χ3v) is 3.92. The Kier molecular flexibility index (Phi) is 3.70. The Hall–Kier alpha value is -0.480. The van der Waals surface area contributed by atoms with E-state index in [1.807, 2.05) is 18.7 Å². The maximum absolute atomic E-state index is 9.02. The molecule has 2 rings (SSSR count). The summed E-state index contributed by atoms with van der Waals surface area (Å²) in [6.07, 6.45) is 4.09. The number of oxazole rings is 1. The Morgan fingerprint density at radius 3 is 3.00 bits per heavy atom. The fourth-order valence-electron chi connectivity index (χ4n) is 1.75. The first-order valence-electron chi connectivity index (χ1n) is 5.45. The summed E-state index contributed by atoms with van der Waals surface area (Å²) in [6, 6.07) is 0. The highest BCUT2D eigenvalue weighted by molar-refractivity contribution is 7.99. The lowest BCUT2D eigenvalue weighted by molar-refractivity contribution is 0.253. The standard InChI is InChI=1S/C11H17NO2S/c1-8(7-13)10-6-12-11(14-10)9-2-4-15-5-3-9/h6,8-9,13H,2-5,7H2,1H3. The summed E-state index contributed by atoms with van der Waals surface area (Å²) in [7, 11) is 0. The molecule has 2 heterocycles. The predicted molar refractivity (Wildman–Crippen MR) is 61.3 cm³/mol. The molecule has 1 N–H and O–H groups in total. The number of hydrogen-bond donors (Lipinski definition) is 1. The predicted octanol–water partition coefficient (Wildman–Crippen LogP) is 2.38. The molecule has 3 nitrogen and oxygen atoms in total. The van der Waals surface area contributed by atoms with Gasteiger partial charge in [-0.25, -0.2) is 4.98 Å². The van der Waals surface area contributed by atoms with Gasteiger partial charge in [-0.15, -0.1) is 0 Å². The molecule has 1 fully saturated rings. The Bertz CT molecular complexity index is 307. The first-order valence-corrected chi connectivity index (χ1v) is 6.61. The van der Waals surface area contributed by atoms with E-state index in [0.717, 1.165) is 24.5 Å². The van der Waals surface area contributed by atoms with Crippen molar-refractivity contribution in [2.45, 2.75) is 31.6 Å². The molecule has 1 aliphatic heterocycles. The zero-order valence-electron chi connectivity index (χ0n) is 8.98. The van der Waals surface area contributed by atoms with Crippen LogP contribution in [-0.2, 0) is 0 Å². The molecule has 15 heavy (non-hydrogen) atoms. The van der Waals surface area contributed by atoms with E-state index in [9.17, 15) is 0 Å². The van der Waals surface area contributed by atoms with Crippen molar-refractivity contribution in [2.75, 3.05) is 18.1 Å². The first-order chi connectivity index (χ1) is 7.31. The number of aliphatic hydroxyl groups is 1. The molecular formula is C11H17NO2S. The lowest BCUT2D eigenvalue weighted by Gasteiger charge is -2.17. The van der Waals surface area contributed by atoms with Gasteiger partial charge in [-0.2, -0.15) is 11.8 Å². The third-order valence-electron chi connectivity index (χ3n) is 2.87. The van der Waals surface area contributed by atoms with Gasteiger partial charge >= 0.3 is 0 Å². The van der Waals surface area contributed by atoms with Gasteiger partial charge in [-0.3, -0.25) is 0 Å². The molecule has 1 aromatic rings. The Balaban J connectivity index is 2.05. The van der Waals surface area contributed by atoms with Crippen LogP contribution in [0, 0.1) is 0 Å². The first kappa shape index (κ1) is 11.0. The topological polar surface area (TPSA) is 46.3 Å². The van der Waals surface area contributed by atoms with Crippen LogP contribution in [0.4, 0.5) is 0 Å². The summed E-state index contributed by atoms with van der Waals surface area (Å²) in [6.45, 7) is 2.07. The van der Waals surface area contributed by atoms with E-state index in [1.165, 1.54) is 11.5 Å². The van der Waals surface area contributed by atoms with Gasteiger partial charge in [0.25, 0.3) is 0 Å². The van der Waals surface area contributed by atoms with Gasteiger partial charge in [-0.05, 0) is 24.3 Å². The van der Waals surface area contributed by atoms with E-state index in [4.69, 9.17) is 9.52 Å². The number of thioether (sulfide) groups is 1. The largest absolute Gasteiger partial charge is 0.445 e. The van der Waals surface area contributed by atoms with Crippen molar-refractivity contribution in [2.24, 2.45) is 0 Å². The van der Waals surface area contributed by atoms with E-state index in [2.05, 4.69) is 4.98 Å². The van der Waals surface area contributed by atoms with Crippen LogP contribution in [0.3, 0.4) is 0 Å². The van der Waals surface area contributed by atoms with Crippen molar-refractivity contribution >= 4 is 11.8 Å². The normalized spacial score (nSPS) is 20.4. The minimum absolute atomic E-state index is 0.0595. The van der Waals surface area contributed by atoms with Crippen LogP contribution in [0.1, 0.15) is 43.3 Å². The van der Waals surface area contributed by atoms with Crippen LogP contribution in [0.2, 0.25) is 0 Å². The second-order valence-electron chi connectivity index (χ2n) is 4.07. The van der Waals surface area contributed by atoms with Crippen molar-refractivity contribution in [1.82, 2.24) is 4.98 Å². The minimum Gasteiger partial charge on any atom is -0.445 e. The summed E-state index contributed by atoms with van der Waals surface area (Å²) < 4.78 is 5.70. The van der Waals surface area contributed by atoms with E-state index in [0.29, 0.717) is 5.92 Å². The Labute approximate surface area is 94.3 Å². The molecule has 0 saturated carbocycles. The number of hydrogen-bond acceptors (Lipinski definition) is 4. The SMILES string of the molecule is CC(CO)c1cnc(C2CCSCC2)o1. The molecule has 0 spiro atoms. The van der Waals surface area contributed by atoms with Crippen molar-refractivity contribution in [3.05, 3.63) is 17.8 Å². The van der Waals surface area contributed by atoms with Crippen molar-refractivity contribution in [3.63, 3.8) is 0 Å². The highest BCUT2D eigenvalue weighted by atomic mass is 32.2. The molecule has 1 unspecified atom stereocenters. The molecule has 0 radical (unpaired) electrons. The van der Waals surface area contributed by atoms with Gasteiger partial charge in [0.15, 0.2) is 5.89 Å². The molecule has 0 bridgehead atoms. The van der Waals surface area contributed by atoms with E-state index < -0.39 is 0 Å². The fourth-order valence-corrected chi connectivity index (χ4v) is 2.86. The summed E-state index contributed by atoms with van der Waals surface area (Å²) in [5.74, 6) is 4.64. The van der Waals surface area contributed by atoms with Crippen LogP contribution in [0.25, 0.3) is 0 Å². The van der Waals surface area contributed by atoms with Gasteiger partial charge in [0.05, 0.1) is 12.8 Å². The van der Waals surface area contributed by atoms with Crippen LogP contribution in [0.5, 0.6) is 0 Å². The molecule has 1 atom stereocenters. The Morgan fingerprint density at radius 1 is 1.60 bits per heavy atom. The lowest BCUT2D eigenvalue weighted by atomic mass is 10.0. The van der Waals surface area contributed by atoms with E-state index in [1.54, 1.807) is 6.20 Å². The molecular weight excluding hydrogens is 210 g/mol. The van der Waals surface area contributed by atoms with Crippen molar-refractivity contribution in [3.8, 4) is 0 Å². The quantitative estimate of drug-likeness (QED) is 0.861. The van der Waals surface area contributed by atoms with Crippen LogP contribution in [0.15, 0.2) is 10.6 Å². The molecule has 0 amide bonds. The minimum atomic E-state index is 0.0595. The zero-order chi connectivity index (χ0) is 10.7. The van der Waals surface area contributed by atoms with Crippen molar-refractivity contribution < 1.29 is 9.52 Å². The maximum atomic E-state index is 9.02. The monoisotopic (exact) mass is 227 g/mol. The molecule has 4 heteroatoms. The smallest absolute Gasteiger partial charge is 0.197 e. The summed E-state index contributed by atoms with van der Waals surface area (Å²) >= 11 is 2.00. The summed E-state index contributed by atoms with van der Waals surface area (Å²) in [4.78, 5) is 4.32. The number of nitrogens with zero attached hydrogens (tertiary/aromatic N) is 1. The van der Waals surface area contributed by atoms with Gasteiger partial charge < -0.3 is 9.52 Å². The zero-order valence-corrected chi connectivity index (χ0v) is 9.80. The Morgan fingerprint density at radius 2 is 2.33 bits per heavy atom. The van der Waals surface area contributed by atoms with Gasteiger partial charge in [0, 0.05) is 11.8 Å². The molecule has 84 valence electrons. The molecule has 0 aliphatic carbocycles. The lowest BCUT2D eigenvalue weighted by Crippen LogP contribution is -2.07. The highest BCUT2D eigenvalue weighted by Crippen LogP contribution is 2.32. The van der Waals surface area contributed by atoms with Crippen LogP contribution < -0.4 is 0 Å². The fraction of sp³-hybridized carbons (Fsp3) is 0.727. The molecule has 1 aromatic heterocycles. The van der Waals surface area contributed by atoms with Gasteiger partial charge in [-0.1, -0.05) is 6.92 Å². The number of aliphatic hydroxyl groups excluding tert-OH is 1. The van der Waals surface area contributed by atoms with Gasteiger partial charge in [0.2, 0.25) is 0 Å². The highest BCUT2D eigenvalue weighted by Gasteiger charge is 2.21. The second kappa shape index (κ2) is 5.03. The molecule has 1 aliphatic rings. The molecule has 0 aromatic carbocycles. The second-order valence-corrected chi connectivity index (χ2v) is 5.30. The summed E-state index contributed by atoms with van der Waals surface area (Å²) in [5, 5.41) is 9.02. The summed E-state index contributed by atoms with van der Waals surface area (Å²) in [5.41, 5.74) is 0. The van der Waals surface area contributed by atoms with Crippen molar-refractivity contribution in [1.29, 1.82) is 0 Å². The van der Waals surface area contributed by atoms with Gasteiger partial charge in [0.1, 0.15) is 5.76 Å². The average molecular weight is 227 g/mol. The number of aromatic nitrogens is 1. The van der Waals surface area contributed by atoms with E-state index >= 15 is 0 Å². The van der Waals surface area contributed by atoms with Crippen LogP contribution >= 0.6 is 11.8 Å². The van der Waals surface area contributed by atoms with Crippen LogP contribution in [-0.4, -0.2) is 28.2 Å². The van der Waals surface area contributed by atoms with E-state index in [-0.39, 0.29) is 12.5 Å². The number of rotatable bonds is 3. The third kappa shape index (κ3) is 2.55.